The van der Waals surface area contributed by atoms with Crippen molar-refractivity contribution in [3.05, 3.63) is 23.8 Å². The molecule has 0 saturated carbocycles. The van der Waals surface area contributed by atoms with E-state index in [1.165, 1.54) is 0 Å². The Hall–Kier alpha value is -0.640. The predicted molar refractivity (Wildman–Crippen MR) is 42.9 cm³/mol. The fourth-order valence-corrected chi connectivity index (χ4v) is 1.06. The van der Waals surface area contributed by atoms with Gasteiger partial charge in [0.2, 0.25) is 0 Å². The minimum Gasteiger partial charge on any atom is -0.393 e. The molecular formula is C8H13NO2. The number of aliphatic hydroxyl groups is 2. The SMILES string of the molecule is NC1C=C(C(O)CO)C=CC1. The van der Waals surface area contributed by atoms with Crippen molar-refractivity contribution in [1.82, 2.24) is 0 Å². The molecule has 1 aliphatic rings. The van der Waals surface area contributed by atoms with Gasteiger partial charge in [0.25, 0.3) is 0 Å². The predicted octanol–water partition coefficient (Wildman–Crippen LogP) is -0.447. The Morgan fingerprint density at radius 3 is 3.00 bits per heavy atom. The second-order valence-electron chi connectivity index (χ2n) is 2.67. The summed E-state index contributed by atoms with van der Waals surface area (Å²) in [7, 11) is 0. The lowest BCUT2D eigenvalue weighted by Gasteiger charge is -2.15. The van der Waals surface area contributed by atoms with Crippen molar-refractivity contribution < 1.29 is 10.2 Å². The maximum Gasteiger partial charge on any atom is 0.102 e. The van der Waals surface area contributed by atoms with Gasteiger partial charge in [-0.2, -0.15) is 0 Å². The Morgan fingerprint density at radius 1 is 1.73 bits per heavy atom. The van der Waals surface area contributed by atoms with Crippen LogP contribution in [-0.4, -0.2) is 29.0 Å². The van der Waals surface area contributed by atoms with Crippen molar-refractivity contribution in [3.8, 4) is 0 Å². The van der Waals surface area contributed by atoms with Gasteiger partial charge < -0.3 is 15.9 Å². The highest BCUT2D eigenvalue weighted by atomic mass is 16.3. The molecular weight excluding hydrogens is 142 g/mol. The van der Waals surface area contributed by atoms with E-state index in [1.807, 2.05) is 6.08 Å². The van der Waals surface area contributed by atoms with Crippen molar-refractivity contribution >= 4 is 0 Å². The Balaban J connectivity index is 2.63. The average Bonchev–Trinajstić information content (AvgIpc) is 2.03. The molecule has 3 nitrogen and oxygen atoms in total. The number of rotatable bonds is 2. The Labute approximate surface area is 65.8 Å². The van der Waals surface area contributed by atoms with Gasteiger partial charge in [-0.1, -0.05) is 18.2 Å². The summed E-state index contributed by atoms with van der Waals surface area (Å²) in [5, 5.41) is 17.8. The number of aliphatic hydroxyl groups excluding tert-OH is 2. The van der Waals surface area contributed by atoms with E-state index in [-0.39, 0.29) is 12.6 Å². The van der Waals surface area contributed by atoms with Crippen LogP contribution in [0.15, 0.2) is 23.8 Å². The van der Waals surface area contributed by atoms with Crippen LogP contribution in [0.5, 0.6) is 0 Å². The molecule has 1 rings (SSSR count). The Kier molecular flexibility index (Phi) is 2.82. The molecule has 0 spiro atoms. The summed E-state index contributed by atoms with van der Waals surface area (Å²) in [6.07, 6.45) is 5.50. The van der Waals surface area contributed by atoms with Gasteiger partial charge >= 0.3 is 0 Å². The average molecular weight is 155 g/mol. The van der Waals surface area contributed by atoms with Crippen LogP contribution in [0.1, 0.15) is 6.42 Å². The molecule has 4 N–H and O–H groups in total. The van der Waals surface area contributed by atoms with Crippen molar-refractivity contribution in [2.24, 2.45) is 5.73 Å². The summed E-state index contributed by atoms with van der Waals surface area (Å²) in [6.45, 7) is -0.247. The van der Waals surface area contributed by atoms with Crippen LogP contribution in [0, 0.1) is 0 Å². The molecule has 0 aromatic heterocycles. The summed E-state index contributed by atoms with van der Waals surface area (Å²) in [6, 6.07) is -0.0174. The Morgan fingerprint density at radius 2 is 2.45 bits per heavy atom. The third kappa shape index (κ3) is 2.15. The van der Waals surface area contributed by atoms with Crippen molar-refractivity contribution in [1.29, 1.82) is 0 Å². The molecule has 0 radical (unpaired) electrons. The zero-order valence-electron chi connectivity index (χ0n) is 6.27. The largest absolute Gasteiger partial charge is 0.393 e. The standard InChI is InChI=1S/C8H13NO2/c9-7-3-1-2-6(4-7)8(11)5-10/h1-2,4,7-8,10-11H,3,5,9H2. The molecule has 1 aliphatic carbocycles. The second-order valence-corrected chi connectivity index (χ2v) is 2.67. The first-order valence-corrected chi connectivity index (χ1v) is 3.67. The van der Waals surface area contributed by atoms with Crippen LogP contribution in [0.25, 0.3) is 0 Å². The summed E-state index contributed by atoms with van der Waals surface area (Å²) < 4.78 is 0. The fourth-order valence-electron chi connectivity index (χ4n) is 1.06. The summed E-state index contributed by atoms with van der Waals surface area (Å²) >= 11 is 0. The smallest absolute Gasteiger partial charge is 0.102 e. The van der Waals surface area contributed by atoms with Gasteiger partial charge in [0.15, 0.2) is 0 Å². The van der Waals surface area contributed by atoms with Crippen LogP contribution in [-0.2, 0) is 0 Å². The minimum atomic E-state index is -0.780. The molecule has 0 saturated heterocycles. The highest BCUT2D eigenvalue weighted by Gasteiger charge is 2.10. The lowest BCUT2D eigenvalue weighted by molar-refractivity contribution is 0.124. The maximum absolute atomic E-state index is 9.18. The third-order valence-corrected chi connectivity index (χ3v) is 1.68. The van der Waals surface area contributed by atoms with E-state index in [2.05, 4.69) is 0 Å². The van der Waals surface area contributed by atoms with E-state index in [1.54, 1.807) is 12.2 Å². The topological polar surface area (TPSA) is 66.5 Å². The first-order valence-electron chi connectivity index (χ1n) is 3.67. The van der Waals surface area contributed by atoms with Crippen LogP contribution in [0.2, 0.25) is 0 Å². The number of hydrogen-bond acceptors (Lipinski definition) is 3. The molecule has 0 amide bonds. The van der Waals surface area contributed by atoms with Gasteiger partial charge in [0, 0.05) is 6.04 Å². The van der Waals surface area contributed by atoms with E-state index in [0.29, 0.717) is 5.57 Å². The van der Waals surface area contributed by atoms with Crippen LogP contribution in [0.3, 0.4) is 0 Å². The molecule has 0 fully saturated rings. The fraction of sp³-hybridized carbons (Fsp3) is 0.500. The quantitative estimate of drug-likeness (QED) is 0.506. The number of hydrogen-bond donors (Lipinski definition) is 3. The normalized spacial score (nSPS) is 26.5. The minimum absolute atomic E-state index is 0.0174. The van der Waals surface area contributed by atoms with Gasteiger partial charge in [-0.15, -0.1) is 0 Å². The molecule has 0 aromatic carbocycles. The second kappa shape index (κ2) is 3.67. The molecule has 2 unspecified atom stereocenters. The van der Waals surface area contributed by atoms with Gasteiger partial charge in [-0.3, -0.25) is 0 Å². The lowest BCUT2D eigenvalue weighted by atomic mass is 10.00. The molecule has 2 atom stereocenters. The van der Waals surface area contributed by atoms with Crippen LogP contribution >= 0.6 is 0 Å². The summed E-state index contributed by atoms with van der Waals surface area (Å²) in [4.78, 5) is 0. The molecule has 0 aromatic rings. The highest BCUT2D eigenvalue weighted by molar-refractivity contribution is 5.28. The molecule has 3 heteroatoms. The van der Waals surface area contributed by atoms with Crippen molar-refractivity contribution in [3.63, 3.8) is 0 Å². The van der Waals surface area contributed by atoms with Gasteiger partial charge in [0.05, 0.1) is 6.61 Å². The summed E-state index contributed by atoms with van der Waals surface area (Å²) in [5.74, 6) is 0. The van der Waals surface area contributed by atoms with E-state index in [0.717, 1.165) is 6.42 Å². The number of nitrogens with two attached hydrogens (primary N) is 1. The summed E-state index contributed by atoms with van der Waals surface area (Å²) in [5.41, 5.74) is 6.31. The molecule has 0 heterocycles. The van der Waals surface area contributed by atoms with Crippen molar-refractivity contribution in [2.75, 3.05) is 6.61 Å². The first-order chi connectivity index (χ1) is 5.24. The first kappa shape index (κ1) is 8.46. The Bertz CT molecular complexity index is 187. The lowest BCUT2D eigenvalue weighted by Crippen LogP contribution is -2.23. The molecule has 62 valence electrons. The third-order valence-electron chi connectivity index (χ3n) is 1.68. The van der Waals surface area contributed by atoms with Crippen LogP contribution in [0.4, 0.5) is 0 Å². The van der Waals surface area contributed by atoms with E-state index < -0.39 is 6.10 Å². The maximum atomic E-state index is 9.18. The van der Waals surface area contributed by atoms with Gasteiger partial charge in [0.1, 0.15) is 6.10 Å². The van der Waals surface area contributed by atoms with Gasteiger partial charge in [-0.25, -0.2) is 0 Å². The van der Waals surface area contributed by atoms with Gasteiger partial charge in [-0.05, 0) is 12.0 Å². The zero-order chi connectivity index (χ0) is 8.27. The van der Waals surface area contributed by atoms with Crippen molar-refractivity contribution in [2.45, 2.75) is 18.6 Å². The molecule has 0 bridgehead atoms. The van der Waals surface area contributed by atoms with E-state index in [4.69, 9.17) is 10.8 Å². The molecule has 11 heavy (non-hydrogen) atoms. The highest BCUT2D eigenvalue weighted by Crippen LogP contribution is 2.12. The van der Waals surface area contributed by atoms with E-state index in [9.17, 15) is 5.11 Å². The van der Waals surface area contributed by atoms with Crippen LogP contribution < -0.4 is 5.73 Å². The monoisotopic (exact) mass is 155 g/mol. The zero-order valence-corrected chi connectivity index (χ0v) is 6.27. The van der Waals surface area contributed by atoms with E-state index >= 15 is 0 Å². The molecule has 0 aliphatic heterocycles.